The van der Waals surface area contributed by atoms with Crippen LogP contribution in [0.4, 0.5) is 5.69 Å². The number of allylic oxidation sites excluding steroid dienone is 1. The van der Waals surface area contributed by atoms with Crippen LogP contribution in [0.25, 0.3) is 11.8 Å². The molecule has 1 aliphatic rings. The van der Waals surface area contributed by atoms with Crippen molar-refractivity contribution in [3.8, 4) is 0 Å². The minimum atomic E-state index is -0.539. The number of rotatable bonds is 5. The molecule has 4 rings (SSSR count). The van der Waals surface area contributed by atoms with Crippen molar-refractivity contribution in [2.75, 3.05) is 25.6 Å². The summed E-state index contributed by atoms with van der Waals surface area (Å²) in [5.41, 5.74) is 3.61. The second-order valence-corrected chi connectivity index (χ2v) is 9.75. The van der Waals surface area contributed by atoms with Crippen molar-refractivity contribution in [2.45, 2.75) is 19.9 Å². The van der Waals surface area contributed by atoms with Gasteiger partial charge in [-0.15, -0.1) is 0 Å². The average molecular weight is 526 g/mol. The predicted octanol–water partition coefficient (Wildman–Crippen LogP) is 3.74. The maximum Gasteiger partial charge on any atom is 0.338 e. The zero-order valence-corrected chi connectivity index (χ0v) is 21.2. The van der Waals surface area contributed by atoms with Gasteiger partial charge in [-0.1, -0.05) is 51.5 Å². The summed E-state index contributed by atoms with van der Waals surface area (Å²) in [4.78, 5) is 33.6. The van der Waals surface area contributed by atoms with Crippen LogP contribution in [0.1, 0.15) is 31.0 Å². The minimum Gasteiger partial charge on any atom is -0.463 e. The summed E-state index contributed by atoms with van der Waals surface area (Å²) in [5.74, 6) is -0.458. The zero-order valence-electron chi connectivity index (χ0n) is 18.8. The van der Waals surface area contributed by atoms with E-state index in [1.807, 2.05) is 73.6 Å². The van der Waals surface area contributed by atoms with Crippen LogP contribution in [0.2, 0.25) is 0 Å². The molecule has 2 heterocycles. The summed E-state index contributed by atoms with van der Waals surface area (Å²) in [5, 5.41) is 0. The first-order valence-corrected chi connectivity index (χ1v) is 12.1. The van der Waals surface area contributed by atoms with Crippen molar-refractivity contribution in [3.63, 3.8) is 0 Å². The summed E-state index contributed by atoms with van der Waals surface area (Å²) in [6.07, 6.45) is 1.86. The standard InChI is InChI=1S/C25H24BrN3O3S/c1-5-32-24(31)21-15(2)29-23(30)20(14-16-6-12-19(13-7-16)28(3)4)33-25(29)27-22(21)17-8-10-18(26)11-9-17/h6-14,22H,5H2,1-4H3/b20-14-/t22-/m0/s1. The number of thiazole rings is 1. The molecule has 33 heavy (non-hydrogen) atoms. The van der Waals surface area contributed by atoms with E-state index in [0.717, 1.165) is 21.3 Å². The van der Waals surface area contributed by atoms with Crippen molar-refractivity contribution in [2.24, 2.45) is 4.99 Å². The molecule has 0 amide bonds. The van der Waals surface area contributed by atoms with Gasteiger partial charge in [-0.05, 0) is 55.3 Å². The minimum absolute atomic E-state index is 0.191. The Balaban J connectivity index is 1.89. The average Bonchev–Trinajstić information content (AvgIpc) is 3.10. The number of benzene rings is 2. The third kappa shape index (κ3) is 4.58. The molecule has 6 nitrogen and oxygen atoms in total. The van der Waals surface area contributed by atoms with Crippen molar-refractivity contribution >= 4 is 50.7 Å². The van der Waals surface area contributed by atoms with Crippen LogP contribution in [0.3, 0.4) is 0 Å². The number of ether oxygens (including phenoxy) is 1. The van der Waals surface area contributed by atoms with E-state index in [1.54, 1.807) is 13.8 Å². The smallest absolute Gasteiger partial charge is 0.338 e. The predicted molar refractivity (Wildman–Crippen MR) is 136 cm³/mol. The lowest BCUT2D eigenvalue weighted by atomic mass is 9.97. The molecule has 1 atom stereocenters. The normalized spacial score (nSPS) is 15.8. The summed E-state index contributed by atoms with van der Waals surface area (Å²) >= 11 is 4.77. The van der Waals surface area contributed by atoms with E-state index in [-0.39, 0.29) is 12.2 Å². The maximum atomic E-state index is 13.3. The Morgan fingerprint density at radius 2 is 1.85 bits per heavy atom. The quantitative estimate of drug-likeness (QED) is 0.476. The van der Waals surface area contributed by atoms with Crippen molar-refractivity contribution in [1.29, 1.82) is 0 Å². The second-order valence-electron chi connectivity index (χ2n) is 7.82. The summed E-state index contributed by atoms with van der Waals surface area (Å²) < 4.78 is 8.34. The Labute approximate surface area is 204 Å². The van der Waals surface area contributed by atoms with Crippen molar-refractivity contribution < 1.29 is 9.53 Å². The molecule has 0 fully saturated rings. The zero-order chi connectivity index (χ0) is 23.7. The molecule has 0 unspecified atom stereocenters. The molecule has 0 aliphatic carbocycles. The Kier molecular flexibility index (Phi) is 6.67. The van der Waals surface area contributed by atoms with Gasteiger partial charge in [0.15, 0.2) is 4.80 Å². The number of hydrogen-bond acceptors (Lipinski definition) is 6. The van der Waals surface area contributed by atoms with Crippen LogP contribution >= 0.6 is 27.3 Å². The Bertz CT molecular complexity index is 1400. The third-order valence-electron chi connectivity index (χ3n) is 5.43. The third-order valence-corrected chi connectivity index (χ3v) is 6.94. The highest BCUT2D eigenvalue weighted by Gasteiger charge is 2.31. The highest BCUT2D eigenvalue weighted by molar-refractivity contribution is 9.10. The molecule has 0 N–H and O–H groups in total. The number of carbonyl (C=O) groups is 1. The van der Waals surface area contributed by atoms with Gasteiger partial charge in [-0.3, -0.25) is 9.36 Å². The number of nitrogens with zero attached hydrogens (tertiary/aromatic N) is 3. The molecule has 2 aromatic carbocycles. The second kappa shape index (κ2) is 9.49. The molecule has 1 aliphatic heterocycles. The molecule has 0 radical (unpaired) electrons. The van der Waals surface area contributed by atoms with Crippen molar-refractivity contribution in [1.82, 2.24) is 4.57 Å². The summed E-state index contributed by atoms with van der Waals surface area (Å²) in [6.45, 7) is 3.79. The molecule has 3 aromatic rings. The molecular weight excluding hydrogens is 502 g/mol. The van der Waals surface area contributed by atoms with Gasteiger partial charge in [0.25, 0.3) is 5.56 Å². The van der Waals surface area contributed by atoms with E-state index in [0.29, 0.717) is 20.6 Å². The van der Waals surface area contributed by atoms with Crippen molar-refractivity contribution in [3.05, 3.63) is 89.4 Å². The molecule has 8 heteroatoms. The van der Waals surface area contributed by atoms with E-state index in [1.165, 1.54) is 15.9 Å². The van der Waals surface area contributed by atoms with E-state index >= 15 is 0 Å². The fourth-order valence-corrected chi connectivity index (χ4v) is 5.03. The molecule has 0 spiro atoms. The SMILES string of the molecule is CCOC(=O)C1=C(C)n2c(s/c(=C\c3ccc(N(C)C)cc3)c2=O)=N[C@H]1c1ccc(Br)cc1. The number of fused-ring (bicyclic) bond motifs is 1. The fraction of sp³-hybridized carbons (Fsp3) is 0.240. The molecular formula is C25H24BrN3O3S. The van der Waals surface area contributed by atoms with E-state index in [4.69, 9.17) is 9.73 Å². The summed E-state index contributed by atoms with van der Waals surface area (Å²) in [6, 6.07) is 15.1. The first-order valence-electron chi connectivity index (χ1n) is 10.5. The number of anilines is 1. The summed E-state index contributed by atoms with van der Waals surface area (Å²) in [7, 11) is 3.97. The van der Waals surface area contributed by atoms with Gasteiger partial charge >= 0.3 is 5.97 Å². The number of hydrogen-bond donors (Lipinski definition) is 0. The van der Waals surface area contributed by atoms with E-state index in [2.05, 4.69) is 15.9 Å². The van der Waals surface area contributed by atoms with Crippen LogP contribution in [0, 0.1) is 0 Å². The van der Waals surface area contributed by atoms with Crippen LogP contribution in [-0.4, -0.2) is 31.2 Å². The maximum absolute atomic E-state index is 13.3. The first-order chi connectivity index (χ1) is 15.8. The molecule has 170 valence electrons. The highest BCUT2D eigenvalue weighted by Crippen LogP contribution is 2.32. The Hall–Kier alpha value is -2.97. The molecule has 0 saturated carbocycles. The fourth-order valence-electron chi connectivity index (χ4n) is 3.72. The molecule has 0 bridgehead atoms. The number of halogens is 1. The van der Waals surface area contributed by atoms with E-state index in [9.17, 15) is 9.59 Å². The van der Waals surface area contributed by atoms with Crippen LogP contribution < -0.4 is 19.8 Å². The van der Waals surface area contributed by atoms with Gasteiger partial charge in [-0.2, -0.15) is 0 Å². The lowest BCUT2D eigenvalue weighted by Crippen LogP contribution is -2.35. The largest absolute Gasteiger partial charge is 0.463 e. The van der Waals surface area contributed by atoms with Gasteiger partial charge < -0.3 is 9.64 Å². The molecule has 1 aromatic heterocycles. The van der Waals surface area contributed by atoms with Gasteiger partial charge in [-0.25, -0.2) is 9.79 Å². The van der Waals surface area contributed by atoms with Crippen LogP contribution in [0.5, 0.6) is 0 Å². The highest BCUT2D eigenvalue weighted by atomic mass is 79.9. The molecule has 0 saturated heterocycles. The number of carbonyl (C=O) groups excluding carboxylic acids is 1. The van der Waals surface area contributed by atoms with Gasteiger partial charge in [0, 0.05) is 30.0 Å². The Morgan fingerprint density at radius 3 is 2.45 bits per heavy atom. The topological polar surface area (TPSA) is 63.9 Å². The van der Waals surface area contributed by atoms with Gasteiger partial charge in [0.05, 0.1) is 16.7 Å². The van der Waals surface area contributed by atoms with Gasteiger partial charge in [0.1, 0.15) is 6.04 Å². The lowest BCUT2D eigenvalue weighted by Gasteiger charge is -2.22. The number of esters is 1. The lowest BCUT2D eigenvalue weighted by molar-refractivity contribution is -0.138. The van der Waals surface area contributed by atoms with Gasteiger partial charge in [0.2, 0.25) is 0 Å². The monoisotopic (exact) mass is 525 g/mol. The first kappa shape index (κ1) is 23.2. The number of aromatic nitrogens is 1. The van der Waals surface area contributed by atoms with Crippen LogP contribution in [-0.2, 0) is 9.53 Å². The van der Waals surface area contributed by atoms with Crippen LogP contribution in [0.15, 0.2) is 68.4 Å². The van der Waals surface area contributed by atoms with E-state index < -0.39 is 12.0 Å². The Morgan fingerprint density at radius 1 is 1.18 bits per heavy atom.